The van der Waals surface area contributed by atoms with Crippen LogP contribution in [0.4, 0.5) is 0 Å². The summed E-state index contributed by atoms with van der Waals surface area (Å²) in [5, 5.41) is 22.9. The fourth-order valence-corrected chi connectivity index (χ4v) is 5.78. The topological polar surface area (TPSA) is 69.6 Å². The SMILES string of the molecule is CCCC/C=C\C/C=C\CCCCCCCC(=O)NC(CO)C(O)/C=C/CCCCCCCCCCCCCCCCCCC. The summed E-state index contributed by atoms with van der Waals surface area (Å²) in [6.07, 6.45) is 48.0. The van der Waals surface area contributed by atoms with E-state index in [0.29, 0.717) is 6.42 Å². The van der Waals surface area contributed by atoms with Crippen LogP contribution in [0.25, 0.3) is 0 Å². The van der Waals surface area contributed by atoms with Crippen LogP contribution in [0.1, 0.15) is 200 Å². The third-order valence-corrected chi connectivity index (χ3v) is 8.87. The van der Waals surface area contributed by atoms with Crippen LogP contribution >= 0.6 is 0 Å². The van der Waals surface area contributed by atoms with Crippen molar-refractivity contribution in [2.24, 2.45) is 0 Å². The smallest absolute Gasteiger partial charge is 0.220 e. The molecule has 0 aliphatic rings. The number of aliphatic hydroxyl groups is 2. The van der Waals surface area contributed by atoms with Crippen LogP contribution in [0.15, 0.2) is 36.5 Å². The highest BCUT2D eigenvalue weighted by Gasteiger charge is 2.17. The third-order valence-electron chi connectivity index (χ3n) is 8.87. The van der Waals surface area contributed by atoms with Crippen molar-refractivity contribution in [3.63, 3.8) is 0 Å². The van der Waals surface area contributed by atoms with Gasteiger partial charge in [0, 0.05) is 6.42 Å². The molecule has 0 saturated carbocycles. The zero-order chi connectivity index (χ0) is 32.9. The van der Waals surface area contributed by atoms with Gasteiger partial charge in [-0.15, -0.1) is 0 Å². The molecule has 264 valence electrons. The van der Waals surface area contributed by atoms with Crippen molar-refractivity contribution in [1.82, 2.24) is 5.32 Å². The Bertz CT molecular complexity index is 686. The molecular formula is C41H77NO3. The predicted octanol–water partition coefficient (Wildman–Crippen LogP) is 11.8. The van der Waals surface area contributed by atoms with Crippen LogP contribution in [-0.4, -0.2) is 34.9 Å². The van der Waals surface area contributed by atoms with Gasteiger partial charge in [0.2, 0.25) is 5.91 Å². The Balaban J connectivity index is 3.61. The molecule has 2 atom stereocenters. The third kappa shape index (κ3) is 33.8. The van der Waals surface area contributed by atoms with Crippen molar-refractivity contribution in [1.29, 1.82) is 0 Å². The lowest BCUT2D eigenvalue weighted by molar-refractivity contribution is -0.123. The molecule has 0 aliphatic heterocycles. The maximum atomic E-state index is 12.3. The molecule has 0 heterocycles. The van der Waals surface area contributed by atoms with Crippen molar-refractivity contribution in [2.45, 2.75) is 212 Å². The van der Waals surface area contributed by atoms with E-state index in [1.807, 2.05) is 6.08 Å². The quantitative estimate of drug-likeness (QED) is 0.0481. The highest BCUT2D eigenvalue weighted by atomic mass is 16.3. The minimum atomic E-state index is -0.843. The van der Waals surface area contributed by atoms with Crippen molar-refractivity contribution >= 4 is 5.91 Å². The molecule has 3 N–H and O–H groups in total. The van der Waals surface area contributed by atoms with Gasteiger partial charge in [0.15, 0.2) is 0 Å². The number of aliphatic hydroxyl groups excluding tert-OH is 2. The Kier molecular flexibility index (Phi) is 35.9. The van der Waals surface area contributed by atoms with Crippen LogP contribution in [0, 0.1) is 0 Å². The molecule has 0 bridgehead atoms. The lowest BCUT2D eigenvalue weighted by Gasteiger charge is -2.20. The second kappa shape index (κ2) is 37.1. The molecule has 0 aromatic carbocycles. The second-order valence-corrected chi connectivity index (χ2v) is 13.3. The minimum Gasteiger partial charge on any atom is -0.394 e. The fourth-order valence-electron chi connectivity index (χ4n) is 5.78. The summed E-state index contributed by atoms with van der Waals surface area (Å²) in [5.41, 5.74) is 0. The Morgan fingerprint density at radius 3 is 1.40 bits per heavy atom. The summed E-state index contributed by atoms with van der Waals surface area (Å²) in [4.78, 5) is 12.3. The summed E-state index contributed by atoms with van der Waals surface area (Å²) >= 11 is 0. The molecule has 0 aromatic rings. The number of carbonyl (C=O) groups is 1. The Morgan fingerprint density at radius 1 is 0.533 bits per heavy atom. The van der Waals surface area contributed by atoms with E-state index < -0.39 is 12.1 Å². The molecule has 0 saturated heterocycles. The Labute approximate surface area is 281 Å². The number of nitrogens with one attached hydrogen (secondary N) is 1. The first kappa shape index (κ1) is 43.6. The van der Waals surface area contributed by atoms with Crippen LogP contribution in [0.3, 0.4) is 0 Å². The molecule has 0 fully saturated rings. The molecule has 1 amide bonds. The standard InChI is InChI=1S/C41H77NO3/c1-3-5-7-9-11-13-15-17-19-20-21-22-23-24-26-28-30-32-34-36-40(44)39(38-43)42-41(45)37-35-33-31-29-27-25-18-16-14-12-10-8-6-4-2/h10,12,16,18,34,36,39-40,43-44H,3-9,11,13-15,17,19-33,35,37-38H2,1-2H3,(H,42,45)/b12-10-,18-16-,36-34+. The number of unbranched alkanes of at least 4 members (excludes halogenated alkanes) is 24. The Hall–Kier alpha value is -1.39. The Morgan fingerprint density at radius 2 is 0.933 bits per heavy atom. The number of carbonyl (C=O) groups excluding carboxylic acids is 1. The van der Waals surface area contributed by atoms with Crippen LogP contribution in [-0.2, 0) is 4.79 Å². The van der Waals surface area contributed by atoms with E-state index in [4.69, 9.17) is 0 Å². The summed E-state index contributed by atoms with van der Waals surface area (Å²) in [6, 6.07) is -0.627. The van der Waals surface area contributed by atoms with E-state index >= 15 is 0 Å². The number of hydrogen-bond acceptors (Lipinski definition) is 3. The predicted molar refractivity (Wildman–Crippen MR) is 198 cm³/mol. The van der Waals surface area contributed by atoms with Gasteiger partial charge in [-0.05, 0) is 44.9 Å². The molecular weight excluding hydrogens is 554 g/mol. The van der Waals surface area contributed by atoms with Crippen molar-refractivity contribution < 1.29 is 15.0 Å². The first-order chi connectivity index (χ1) is 22.2. The molecule has 0 radical (unpaired) electrons. The fraction of sp³-hybridized carbons (Fsp3) is 0.829. The first-order valence-corrected chi connectivity index (χ1v) is 19.7. The van der Waals surface area contributed by atoms with E-state index in [2.05, 4.69) is 43.5 Å². The lowest BCUT2D eigenvalue weighted by atomic mass is 10.0. The van der Waals surface area contributed by atoms with E-state index in [9.17, 15) is 15.0 Å². The van der Waals surface area contributed by atoms with Gasteiger partial charge in [0.25, 0.3) is 0 Å². The second-order valence-electron chi connectivity index (χ2n) is 13.3. The molecule has 2 unspecified atom stereocenters. The molecule has 0 spiro atoms. The number of hydrogen-bond donors (Lipinski definition) is 3. The maximum Gasteiger partial charge on any atom is 0.220 e. The summed E-state index contributed by atoms with van der Waals surface area (Å²) in [5.74, 6) is -0.0791. The van der Waals surface area contributed by atoms with Gasteiger partial charge in [0.05, 0.1) is 18.8 Å². The number of allylic oxidation sites excluding steroid dienone is 5. The highest BCUT2D eigenvalue weighted by Crippen LogP contribution is 2.15. The van der Waals surface area contributed by atoms with E-state index in [0.717, 1.165) is 44.9 Å². The molecule has 4 nitrogen and oxygen atoms in total. The largest absolute Gasteiger partial charge is 0.394 e. The molecule has 0 rings (SSSR count). The molecule has 4 heteroatoms. The zero-order valence-electron chi connectivity index (χ0n) is 30.1. The van der Waals surface area contributed by atoms with Gasteiger partial charge >= 0.3 is 0 Å². The van der Waals surface area contributed by atoms with Crippen LogP contribution < -0.4 is 5.32 Å². The van der Waals surface area contributed by atoms with Gasteiger partial charge in [-0.25, -0.2) is 0 Å². The van der Waals surface area contributed by atoms with Gasteiger partial charge in [0.1, 0.15) is 0 Å². The normalized spacial score (nSPS) is 13.4. The maximum absolute atomic E-state index is 12.3. The summed E-state index contributed by atoms with van der Waals surface area (Å²) in [6.45, 7) is 4.26. The van der Waals surface area contributed by atoms with Crippen LogP contribution in [0.2, 0.25) is 0 Å². The lowest BCUT2D eigenvalue weighted by Crippen LogP contribution is -2.45. The van der Waals surface area contributed by atoms with Crippen molar-refractivity contribution in [3.8, 4) is 0 Å². The average Bonchev–Trinajstić information content (AvgIpc) is 3.04. The first-order valence-electron chi connectivity index (χ1n) is 19.7. The number of rotatable bonds is 35. The monoisotopic (exact) mass is 632 g/mol. The molecule has 0 aliphatic carbocycles. The zero-order valence-corrected chi connectivity index (χ0v) is 30.1. The van der Waals surface area contributed by atoms with Gasteiger partial charge in [-0.3, -0.25) is 4.79 Å². The van der Waals surface area contributed by atoms with E-state index in [-0.39, 0.29) is 12.5 Å². The van der Waals surface area contributed by atoms with E-state index in [1.54, 1.807) is 6.08 Å². The minimum absolute atomic E-state index is 0.0791. The molecule has 45 heavy (non-hydrogen) atoms. The highest BCUT2D eigenvalue weighted by molar-refractivity contribution is 5.76. The van der Waals surface area contributed by atoms with Gasteiger partial charge < -0.3 is 15.5 Å². The van der Waals surface area contributed by atoms with E-state index in [1.165, 1.54) is 135 Å². The van der Waals surface area contributed by atoms with Crippen molar-refractivity contribution in [3.05, 3.63) is 36.5 Å². The van der Waals surface area contributed by atoms with Crippen LogP contribution in [0.5, 0.6) is 0 Å². The molecule has 0 aromatic heterocycles. The summed E-state index contributed by atoms with van der Waals surface area (Å²) < 4.78 is 0. The summed E-state index contributed by atoms with van der Waals surface area (Å²) in [7, 11) is 0. The number of amides is 1. The van der Waals surface area contributed by atoms with Crippen molar-refractivity contribution in [2.75, 3.05) is 6.61 Å². The average molecular weight is 632 g/mol. The van der Waals surface area contributed by atoms with Gasteiger partial charge in [-0.2, -0.15) is 0 Å². The van der Waals surface area contributed by atoms with Gasteiger partial charge in [-0.1, -0.05) is 185 Å².